The normalized spacial score (nSPS) is 19.2. The minimum atomic E-state index is -0.271. The summed E-state index contributed by atoms with van der Waals surface area (Å²) < 4.78 is 8.42. The number of ether oxygens (including phenoxy) is 1. The van der Waals surface area contributed by atoms with Crippen molar-refractivity contribution in [1.82, 2.24) is 40.2 Å². The summed E-state index contributed by atoms with van der Waals surface area (Å²) in [5.41, 5.74) is 1.25. The molecule has 0 saturated carbocycles. The number of carbonyl (C=O) groups excluding carboxylic acids is 1. The zero-order valence-corrected chi connectivity index (χ0v) is 23.4. The number of amides is 1. The van der Waals surface area contributed by atoms with Crippen molar-refractivity contribution in [2.75, 3.05) is 27.3 Å². The van der Waals surface area contributed by atoms with Crippen LogP contribution in [-0.2, 0) is 31.7 Å². The van der Waals surface area contributed by atoms with E-state index < -0.39 is 0 Å². The number of carbonyl (C=O) groups is 1. The number of cyclic esters (lactones) is 1. The number of aliphatic hydroxyl groups excluding tert-OH is 1. The molecule has 3 rings (SSSR count). The summed E-state index contributed by atoms with van der Waals surface area (Å²) in [6.45, 7) is 4.63. The van der Waals surface area contributed by atoms with Crippen LogP contribution in [0.2, 0.25) is 0 Å². The monoisotopic (exact) mass is 478 g/mol. The van der Waals surface area contributed by atoms with Gasteiger partial charge in [-0.3, -0.25) is 9.36 Å². The van der Waals surface area contributed by atoms with E-state index in [1.165, 1.54) is 0 Å². The third-order valence-corrected chi connectivity index (χ3v) is 5.95. The Morgan fingerprint density at radius 1 is 1.16 bits per heavy atom. The van der Waals surface area contributed by atoms with Gasteiger partial charge in [0.25, 0.3) is 0 Å². The van der Waals surface area contributed by atoms with Gasteiger partial charge in [0.15, 0.2) is 0 Å². The van der Waals surface area contributed by atoms with Gasteiger partial charge in [-0.15, -0.1) is 10.2 Å². The minimum Gasteiger partial charge on any atom is -0.870 e. The quantitative estimate of drug-likeness (QED) is 0.381. The van der Waals surface area contributed by atoms with Crippen LogP contribution in [0.3, 0.4) is 0 Å². The molecule has 1 amide bonds. The summed E-state index contributed by atoms with van der Waals surface area (Å²) in [5, 5.41) is 28.3. The van der Waals surface area contributed by atoms with Gasteiger partial charge in [0.2, 0.25) is 0 Å². The molecule has 1 aliphatic rings. The molecule has 32 heavy (non-hydrogen) atoms. The number of aliphatic hydroxyl groups is 1. The summed E-state index contributed by atoms with van der Waals surface area (Å²) in [5.74, 6) is 0. The smallest absolute Gasteiger partial charge is 0.870 e. The Kier molecular flexibility index (Phi) is 13.3. The molecule has 1 saturated heterocycles. The van der Waals surface area contributed by atoms with Crippen molar-refractivity contribution in [3.05, 3.63) is 23.8 Å². The number of aromatic nitrogens is 6. The Labute approximate surface area is 231 Å². The predicted octanol–water partition coefficient (Wildman–Crippen LogP) is -2.87. The topological polar surface area (TPSA) is 153 Å². The van der Waals surface area contributed by atoms with E-state index in [2.05, 4.69) is 32.9 Å². The Balaban J connectivity index is 0.000000570. The second-order valence-electron chi connectivity index (χ2n) is 7.85. The largest absolute Gasteiger partial charge is 1.00 e. The number of hydrogen-bond acceptors (Lipinski definition) is 9. The molecule has 1 aliphatic heterocycles. The van der Waals surface area contributed by atoms with Gasteiger partial charge < -0.3 is 25.5 Å². The van der Waals surface area contributed by atoms with Crippen molar-refractivity contribution in [3.8, 4) is 0 Å². The van der Waals surface area contributed by atoms with Crippen LogP contribution in [0.25, 0.3) is 0 Å². The first-order chi connectivity index (χ1) is 14.2. The van der Waals surface area contributed by atoms with Crippen LogP contribution in [0.15, 0.2) is 12.4 Å². The maximum Gasteiger partial charge on any atom is 1.00 e. The van der Waals surface area contributed by atoms with Crippen molar-refractivity contribution >= 4 is 6.09 Å². The van der Waals surface area contributed by atoms with Crippen LogP contribution in [0, 0.1) is 0 Å². The Morgan fingerprint density at radius 2 is 1.72 bits per heavy atom. The van der Waals surface area contributed by atoms with Gasteiger partial charge in [-0.05, 0) is 19.9 Å². The molecule has 0 aromatic carbocycles. The van der Waals surface area contributed by atoms with E-state index in [0.717, 1.165) is 24.2 Å². The van der Waals surface area contributed by atoms with E-state index in [-0.39, 0.29) is 80.6 Å². The van der Waals surface area contributed by atoms with Crippen LogP contribution in [0.5, 0.6) is 0 Å². The third-order valence-electron chi connectivity index (χ3n) is 5.95. The van der Waals surface area contributed by atoms with E-state index in [1.807, 2.05) is 40.5 Å². The Morgan fingerprint density at radius 3 is 2.06 bits per heavy atom. The van der Waals surface area contributed by atoms with Gasteiger partial charge >= 0.3 is 57.5 Å². The summed E-state index contributed by atoms with van der Waals surface area (Å²) in [7, 11) is 7.29. The van der Waals surface area contributed by atoms with Gasteiger partial charge in [0.05, 0.1) is 23.5 Å². The number of nitrogens with zero attached hydrogens (tertiary/aromatic N) is 7. The van der Waals surface area contributed by atoms with Crippen molar-refractivity contribution < 1.29 is 71.5 Å². The summed E-state index contributed by atoms with van der Waals surface area (Å²) >= 11 is 0. The fraction of sp³-hybridized carbons (Fsp3) is 0.737. The fourth-order valence-corrected chi connectivity index (χ4v) is 3.49. The van der Waals surface area contributed by atoms with Crippen LogP contribution in [-0.4, -0.2) is 90.0 Å². The van der Waals surface area contributed by atoms with Gasteiger partial charge in [0, 0.05) is 51.9 Å². The molecule has 0 aliphatic carbocycles. The zero-order chi connectivity index (χ0) is 22.4. The van der Waals surface area contributed by atoms with E-state index >= 15 is 0 Å². The zero-order valence-electron chi connectivity index (χ0n) is 20.2. The van der Waals surface area contributed by atoms with Gasteiger partial charge in [-0.25, -0.2) is 4.79 Å². The molecule has 2 unspecified atom stereocenters. The molecule has 0 spiro atoms. The van der Waals surface area contributed by atoms with E-state index in [4.69, 9.17) is 4.74 Å². The van der Waals surface area contributed by atoms with Crippen molar-refractivity contribution in [2.24, 2.45) is 14.1 Å². The first-order valence-electron chi connectivity index (χ1n) is 10.1. The summed E-state index contributed by atoms with van der Waals surface area (Å²) in [6.07, 6.45) is 6.56. The van der Waals surface area contributed by atoms with Gasteiger partial charge in [0.1, 0.15) is 6.61 Å². The van der Waals surface area contributed by atoms with Crippen molar-refractivity contribution in [2.45, 2.75) is 50.6 Å². The predicted molar refractivity (Wildman–Crippen MR) is 113 cm³/mol. The molecule has 176 valence electrons. The minimum absolute atomic E-state index is 0. The number of aryl methyl sites for hydroxylation is 2. The number of hydrogen-bond donors (Lipinski definition) is 2. The standard InChI is InChI=1S/C10H16N4O2.C9H18N4O.K.H2O/c1-4-10(7-16-9(15)14(10)3)5-8-6-13(2)12-11-8;1-4-9(7-14,10-2)5-8-6-13(3)12-11-8;;/h6H,4-5,7H2,1-3H3;6,10,14H,4-5,7H2,1-3H3;;1H2/q;;+1;/p-1. The first kappa shape index (κ1) is 31.1. The molecule has 1 fully saturated rings. The van der Waals surface area contributed by atoms with Crippen LogP contribution < -0.4 is 56.7 Å². The van der Waals surface area contributed by atoms with E-state index in [1.54, 1.807) is 21.3 Å². The van der Waals surface area contributed by atoms with Crippen LogP contribution in [0.1, 0.15) is 38.1 Å². The molecule has 0 bridgehead atoms. The summed E-state index contributed by atoms with van der Waals surface area (Å²) in [6, 6.07) is 0. The molecule has 3 N–H and O–H groups in total. The van der Waals surface area contributed by atoms with Gasteiger partial charge in [-0.2, -0.15) is 0 Å². The molecule has 2 aromatic heterocycles. The second kappa shape index (κ2) is 13.7. The van der Waals surface area contributed by atoms with Gasteiger partial charge in [-0.1, -0.05) is 24.3 Å². The van der Waals surface area contributed by atoms with Crippen molar-refractivity contribution in [3.63, 3.8) is 0 Å². The number of rotatable bonds is 8. The molecule has 0 radical (unpaired) electrons. The number of likely N-dealkylation sites (N-methyl/N-ethyl adjacent to an activating group) is 2. The average molecular weight is 479 g/mol. The second-order valence-corrected chi connectivity index (χ2v) is 7.85. The summed E-state index contributed by atoms with van der Waals surface area (Å²) in [4.78, 5) is 13.1. The average Bonchev–Trinajstić information content (AvgIpc) is 3.43. The maximum atomic E-state index is 11.4. The fourth-order valence-electron chi connectivity index (χ4n) is 3.49. The molecule has 2 atom stereocenters. The van der Waals surface area contributed by atoms with Crippen LogP contribution in [0.4, 0.5) is 4.79 Å². The van der Waals surface area contributed by atoms with E-state index in [9.17, 15) is 9.90 Å². The Hall–Kier alpha value is -0.934. The molecular weight excluding hydrogens is 443 g/mol. The molecule has 3 heterocycles. The molecule has 13 heteroatoms. The van der Waals surface area contributed by atoms with Crippen molar-refractivity contribution in [1.29, 1.82) is 0 Å². The Bertz CT molecular complexity index is 818. The third kappa shape index (κ3) is 7.55. The van der Waals surface area contributed by atoms with Crippen LogP contribution >= 0.6 is 0 Å². The first-order valence-corrected chi connectivity index (χ1v) is 10.1. The molecular formula is C19H35KN8O4. The SMILES string of the molecule is CCC(CO)(Cc1cn(C)nn1)NC.CCC1(Cc2cn(C)nn2)COC(=O)N1C.[K+].[OH-]. The number of nitrogens with one attached hydrogen (secondary N) is 1. The maximum absolute atomic E-state index is 11.4. The molecule has 2 aromatic rings. The molecule has 12 nitrogen and oxygen atoms in total. The van der Waals surface area contributed by atoms with E-state index in [0.29, 0.717) is 19.4 Å².